The van der Waals surface area contributed by atoms with Crippen molar-refractivity contribution < 1.29 is 13.9 Å². The van der Waals surface area contributed by atoms with Gasteiger partial charge in [0.1, 0.15) is 17.7 Å². The molecule has 0 aliphatic heterocycles. The van der Waals surface area contributed by atoms with E-state index in [0.29, 0.717) is 6.54 Å². The molecule has 180 valence electrons. The number of carbonyl (C=O) groups is 1. The van der Waals surface area contributed by atoms with Crippen molar-refractivity contribution in [2.45, 2.75) is 59.6 Å². The van der Waals surface area contributed by atoms with Gasteiger partial charge in [0, 0.05) is 19.5 Å². The van der Waals surface area contributed by atoms with E-state index in [2.05, 4.69) is 35.2 Å². The number of hydrogen-bond donors (Lipinski definition) is 1. The molecular formula is C28H29FN4O2. The highest BCUT2D eigenvalue weighted by atomic mass is 19.1. The zero-order chi connectivity index (χ0) is 24.7. The van der Waals surface area contributed by atoms with Crippen LogP contribution in [0.3, 0.4) is 0 Å². The smallest absolute Gasteiger partial charge is 0.303 e. The summed E-state index contributed by atoms with van der Waals surface area (Å²) in [6.45, 7) is 8.23. The minimum absolute atomic E-state index is 0.251. The van der Waals surface area contributed by atoms with Crippen LogP contribution in [0.25, 0.3) is 16.7 Å². The molecule has 35 heavy (non-hydrogen) atoms. The maximum Gasteiger partial charge on any atom is 0.303 e. The fourth-order valence-corrected chi connectivity index (χ4v) is 5.21. The predicted octanol–water partition coefficient (Wildman–Crippen LogP) is 5.90. The van der Waals surface area contributed by atoms with E-state index in [1.54, 1.807) is 6.07 Å². The van der Waals surface area contributed by atoms with E-state index in [1.165, 1.54) is 30.2 Å². The zero-order valence-electron chi connectivity index (χ0n) is 20.5. The molecule has 2 aromatic carbocycles. The summed E-state index contributed by atoms with van der Waals surface area (Å²) in [5, 5.41) is 3.58. The predicted molar refractivity (Wildman–Crippen MR) is 134 cm³/mol. The second-order valence-electron chi connectivity index (χ2n) is 9.05. The summed E-state index contributed by atoms with van der Waals surface area (Å²) in [4.78, 5) is 20.7. The van der Waals surface area contributed by atoms with E-state index in [1.807, 2.05) is 29.8 Å². The molecule has 1 atom stereocenters. The van der Waals surface area contributed by atoms with Crippen molar-refractivity contribution in [3.63, 3.8) is 0 Å². The molecule has 5 rings (SSSR count). The first kappa shape index (κ1) is 23.0. The Morgan fingerprint density at radius 1 is 1.26 bits per heavy atom. The van der Waals surface area contributed by atoms with Gasteiger partial charge in [0.25, 0.3) is 0 Å². The Morgan fingerprint density at radius 2 is 2.09 bits per heavy atom. The third-order valence-electron chi connectivity index (χ3n) is 6.87. The molecular weight excluding hydrogens is 443 g/mol. The molecule has 0 spiro atoms. The Hall–Kier alpha value is -3.74. The van der Waals surface area contributed by atoms with Crippen LogP contribution < -0.4 is 5.32 Å². The van der Waals surface area contributed by atoms with Crippen molar-refractivity contribution in [2.24, 2.45) is 0 Å². The Morgan fingerprint density at radius 3 is 2.86 bits per heavy atom. The number of ether oxygens (including phenoxy) is 1. The van der Waals surface area contributed by atoms with Gasteiger partial charge in [-0.3, -0.25) is 14.3 Å². The van der Waals surface area contributed by atoms with Crippen LogP contribution in [0.2, 0.25) is 0 Å². The van der Waals surface area contributed by atoms with Crippen LogP contribution in [0.1, 0.15) is 60.1 Å². The number of carbonyl (C=O) groups excluding carboxylic acids is 1. The van der Waals surface area contributed by atoms with Gasteiger partial charge in [-0.1, -0.05) is 19.1 Å². The third kappa shape index (κ3) is 4.16. The standard InChI is InChI=1S/C28H29FN4O2/c1-5-21-22-10-12-27(35-18(4)34)28(22)31-15-24(21)30-14-19-7-6-8-25(16(19)2)33-17(3)32-23-11-9-20(29)13-26(23)33/h6-9,11,13,15,27,30H,5,10,12,14H2,1-4H3. The summed E-state index contributed by atoms with van der Waals surface area (Å²) in [6.07, 6.45) is 4.11. The molecule has 0 saturated heterocycles. The van der Waals surface area contributed by atoms with Crippen LogP contribution in [-0.2, 0) is 28.9 Å². The largest absolute Gasteiger partial charge is 0.456 e. The number of hydrogen-bond acceptors (Lipinski definition) is 5. The molecule has 1 aliphatic rings. The average molecular weight is 473 g/mol. The van der Waals surface area contributed by atoms with E-state index in [-0.39, 0.29) is 17.9 Å². The average Bonchev–Trinajstić information content (AvgIpc) is 3.37. The Kier molecular flexibility index (Phi) is 6.01. The number of esters is 1. The quantitative estimate of drug-likeness (QED) is 0.354. The first-order valence-electron chi connectivity index (χ1n) is 12.0. The summed E-state index contributed by atoms with van der Waals surface area (Å²) in [5.41, 5.74) is 9.07. The Bertz CT molecular complexity index is 1440. The maximum atomic E-state index is 14.0. The Labute approximate surface area is 204 Å². The molecule has 4 aromatic rings. The normalized spacial score (nSPS) is 14.8. The van der Waals surface area contributed by atoms with E-state index in [9.17, 15) is 9.18 Å². The number of nitrogens with one attached hydrogen (secondary N) is 1. The summed E-state index contributed by atoms with van der Waals surface area (Å²) in [7, 11) is 0. The minimum Gasteiger partial charge on any atom is -0.456 e. The second-order valence-corrected chi connectivity index (χ2v) is 9.05. The fraction of sp³-hybridized carbons (Fsp3) is 0.321. The summed E-state index contributed by atoms with van der Waals surface area (Å²) in [6, 6.07) is 10.9. The van der Waals surface area contributed by atoms with E-state index >= 15 is 0 Å². The molecule has 1 N–H and O–H groups in total. The number of aromatic nitrogens is 3. The van der Waals surface area contributed by atoms with E-state index < -0.39 is 0 Å². The molecule has 1 aliphatic carbocycles. The number of fused-ring (bicyclic) bond motifs is 2. The molecule has 0 bridgehead atoms. The topological polar surface area (TPSA) is 69.0 Å². The van der Waals surface area contributed by atoms with Crippen LogP contribution in [-0.4, -0.2) is 20.5 Å². The lowest BCUT2D eigenvalue weighted by atomic mass is 10.0. The highest BCUT2D eigenvalue weighted by Crippen LogP contribution is 2.37. The monoisotopic (exact) mass is 472 g/mol. The zero-order valence-corrected chi connectivity index (χ0v) is 20.5. The molecule has 7 heteroatoms. The van der Waals surface area contributed by atoms with Crippen LogP contribution in [0.15, 0.2) is 42.6 Å². The lowest BCUT2D eigenvalue weighted by Gasteiger charge is -2.18. The maximum absolute atomic E-state index is 14.0. The van der Waals surface area contributed by atoms with Crippen LogP contribution in [0.5, 0.6) is 0 Å². The number of aryl methyl sites for hydroxylation is 1. The molecule has 0 fully saturated rings. The number of nitrogens with zero attached hydrogens (tertiary/aromatic N) is 3. The molecule has 2 heterocycles. The van der Waals surface area contributed by atoms with Crippen molar-refractivity contribution >= 4 is 22.7 Å². The minimum atomic E-state index is -0.277. The molecule has 0 amide bonds. The lowest BCUT2D eigenvalue weighted by Crippen LogP contribution is -2.10. The van der Waals surface area contributed by atoms with Gasteiger partial charge in [-0.2, -0.15) is 0 Å². The van der Waals surface area contributed by atoms with Crippen molar-refractivity contribution in [1.82, 2.24) is 14.5 Å². The highest BCUT2D eigenvalue weighted by molar-refractivity contribution is 5.79. The van der Waals surface area contributed by atoms with Crippen molar-refractivity contribution in [3.8, 4) is 5.69 Å². The number of rotatable bonds is 6. The molecule has 2 aromatic heterocycles. The second kappa shape index (κ2) is 9.13. The number of imidazole rings is 1. The number of anilines is 1. The molecule has 0 saturated carbocycles. The van der Waals surface area contributed by atoms with Gasteiger partial charge in [0.2, 0.25) is 0 Å². The fourth-order valence-electron chi connectivity index (χ4n) is 5.21. The highest BCUT2D eigenvalue weighted by Gasteiger charge is 2.29. The van der Waals surface area contributed by atoms with Crippen molar-refractivity contribution in [1.29, 1.82) is 0 Å². The van der Waals surface area contributed by atoms with Gasteiger partial charge in [-0.05, 0) is 73.6 Å². The van der Waals surface area contributed by atoms with Gasteiger partial charge in [0.15, 0.2) is 0 Å². The Balaban J connectivity index is 1.45. The molecule has 6 nitrogen and oxygen atoms in total. The van der Waals surface area contributed by atoms with Crippen molar-refractivity contribution in [2.75, 3.05) is 5.32 Å². The number of halogens is 1. The lowest BCUT2D eigenvalue weighted by molar-refractivity contribution is -0.146. The van der Waals surface area contributed by atoms with Gasteiger partial charge in [0.05, 0.1) is 34.3 Å². The van der Waals surface area contributed by atoms with Crippen molar-refractivity contribution in [3.05, 3.63) is 82.2 Å². The molecule has 0 radical (unpaired) electrons. The molecule has 1 unspecified atom stereocenters. The first-order valence-corrected chi connectivity index (χ1v) is 12.0. The van der Waals surface area contributed by atoms with Gasteiger partial charge in [-0.15, -0.1) is 0 Å². The number of benzene rings is 2. The van der Waals surface area contributed by atoms with E-state index in [4.69, 9.17) is 4.74 Å². The van der Waals surface area contributed by atoms with Gasteiger partial charge < -0.3 is 10.1 Å². The van der Waals surface area contributed by atoms with E-state index in [0.717, 1.165) is 64.3 Å². The summed E-state index contributed by atoms with van der Waals surface area (Å²) >= 11 is 0. The third-order valence-corrected chi connectivity index (χ3v) is 6.87. The summed E-state index contributed by atoms with van der Waals surface area (Å²) in [5.74, 6) is 0.266. The first-order chi connectivity index (χ1) is 16.9. The van der Waals surface area contributed by atoms with Crippen LogP contribution >= 0.6 is 0 Å². The van der Waals surface area contributed by atoms with Gasteiger partial charge >= 0.3 is 5.97 Å². The summed E-state index contributed by atoms with van der Waals surface area (Å²) < 4.78 is 21.5. The number of pyridine rings is 1. The SMILES string of the molecule is CCc1c(NCc2cccc(-n3c(C)nc4ccc(F)cc43)c2C)cnc2c1CCC2OC(C)=O. The van der Waals surface area contributed by atoms with Crippen LogP contribution in [0.4, 0.5) is 10.1 Å². The van der Waals surface area contributed by atoms with Gasteiger partial charge in [-0.25, -0.2) is 9.37 Å². The van der Waals surface area contributed by atoms with Crippen LogP contribution in [0, 0.1) is 19.7 Å².